The van der Waals surface area contributed by atoms with Crippen molar-refractivity contribution in [3.8, 4) is 10.8 Å². The average Bonchev–Trinajstić information content (AvgIpc) is 3.53. The number of hydrogen-bond acceptors (Lipinski definition) is 9. The Bertz CT molecular complexity index is 1330. The number of furan rings is 1. The molecular weight excluding hydrogens is 464 g/mol. The van der Waals surface area contributed by atoms with Gasteiger partial charge in [-0.25, -0.2) is 9.78 Å². The molecule has 0 aliphatic heterocycles. The molecule has 0 saturated heterocycles. The first-order chi connectivity index (χ1) is 16.0. The van der Waals surface area contributed by atoms with E-state index in [9.17, 15) is 19.7 Å². The number of ketones is 1. The molecule has 166 valence electrons. The van der Waals surface area contributed by atoms with E-state index in [-0.39, 0.29) is 29.0 Å². The van der Waals surface area contributed by atoms with Gasteiger partial charge in [0.15, 0.2) is 16.6 Å². The van der Waals surface area contributed by atoms with Crippen LogP contribution in [-0.4, -0.2) is 27.9 Å². The van der Waals surface area contributed by atoms with Gasteiger partial charge in [0.05, 0.1) is 27.3 Å². The molecule has 0 saturated carbocycles. The lowest BCUT2D eigenvalue weighted by molar-refractivity contribution is -0.387. The minimum absolute atomic E-state index is 0.0700. The summed E-state index contributed by atoms with van der Waals surface area (Å²) in [4.78, 5) is 41.5. The van der Waals surface area contributed by atoms with Gasteiger partial charge in [0.1, 0.15) is 6.61 Å². The predicted octanol–water partition coefficient (Wildman–Crippen LogP) is 5.62. The fourth-order valence-corrected chi connectivity index (χ4v) is 4.41. The first-order valence-corrected chi connectivity index (χ1v) is 11.7. The second-order valence-corrected chi connectivity index (χ2v) is 8.42. The van der Waals surface area contributed by atoms with Gasteiger partial charge in [-0.3, -0.25) is 14.9 Å². The van der Waals surface area contributed by atoms with Crippen molar-refractivity contribution in [2.24, 2.45) is 0 Å². The van der Waals surface area contributed by atoms with E-state index in [0.29, 0.717) is 21.4 Å². The molecule has 10 heteroatoms. The van der Waals surface area contributed by atoms with Crippen LogP contribution in [0.3, 0.4) is 0 Å². The van der Waals surface area contributed by atoms with Crippen molar-refractivity contribution in [2.45, 2.75) is 11.5 Å². The van der Waals surface area contributed by atoms with Crippen molar-refractivity contribution in [1.82, 2.24) is 4.98 Å². The molecule has 33 heavy (non-hydrogen) atoms. The monoisotopic (exact) mass is 480 g/mol. The number of thiazole rings is 1. The Labute approximate surface area is 196 Å². The number of nitro groups is 1. The SMILES string of the molecule is CSc1ccc(C(=O)c2ccccc2C(=O)OCc2csc(-c3ccco3)n2)cc1[N+](=O)[O-]. The quantitative estimate of drug-likeness (QED) is 0.105. The number of nitro benzene ring substituents is 1. The number of rotatable bonds is 8. The van der Waals surface area contributed by atoms with Crippen LogP contribution in [0.1, 0.15) is 32.0 Å². The molecule has 2 aromatic carbocycles. The molecule has 0 unspecified atom stereocenters. The second-order valence-electron chi connectivity index (χ2n) is 6.72. The number of aromatic nitrogens is 1. The van der Waals surface area contributed by atoms with E-state index < -0.39 is 16.7 Å². The summed E-state index contributed by atoms with van der Waals surface area (Å²) in [7, 11) is 0. The summed E-state index contributed by atoms with van der Waals surface area (Å²) in [6.07, 6.45) is 3.27. The van der Waals surface area contributed by atoms with Crippen LogP contribution in [-0.2, 0) is 11.3 Å². The molecule has 4 rings (SSSR count). The van der Waals surface area contributed by atoms with Gasteiger partial charge in [-0.15, -0.1) is 23.1 Å². The van der Waals surface area contributed by atoms with E-state index in [0.717, 1.165) is 0 Å². The lowest BCUT2D eigenvalue weighted by atomic mass is 9.98. The standard InChI is InChI=1S/C23H16N2O6S2/c1-32-20-9-8-14(11-18(20)25(28)29)21(26)16-5-2-3-6-17(16)23(27)31-12-15-13-33-22(24-15)19-7-4-10-30-19/h2-11,13H,12H2,1H3. The molecule has 0 spiro atoms. The van der Waals surface area contributed by atoms with Crippen molar-refractivity contribution in [1.29, 1.82) is 0 Å². The number of esters is 1. The van der Waals surface area contributed by atoms with Crippen LogP contribution in [0.25, 0.3) is 10.8 Å². The lowest BCUT2D eigenvalue weighted by Crippen LogP contribution is -2.13. The minimum Gasteiger partial charge on any atom is -0.462 e. The van der Waals surface area contributed by atoms with E-state index in [1.54, 1.807) is 42.2 Å². The minimum atomic E-state index is -0.693. The first-order valence-electron chi connectivity index (χ1n) is 9.59. The van der Waals surface area contributed by atoms with Crippen molar-refractivity contribution >= 4 is 40.5 Å². The van der Waals surface area contributed by atoms with Crippen molar-refractivity contribution < 1.29 is 23.7 Å². The van der Waals surface area contributed by atoms with Crippen LogP contribution in [0.5, 0.6) is 0 Å². The molecule has 2 heterocycles. The molecule has 0 fully saturated rings. The Morgan fingerprint density at radius 2 is 1.94 bits per heavy atom. The third-order valence-corrected chi connectivity index (χ3v) is 6.35. The normalized spacial score (nSPS) is 10.7. The Morgan fingerprint density at radius 1 is 1.15 bits per heavy atom. The highest BCUT2D eigenvalue weighted by molar-refractivity contribution is 7.98. The highest BCUT2D eigenvalue weighted by atomic mass is 32.2. The summed E-state index contributed by atoms with van der Waals surface area (Å²) in [5.41, 5.74) is 0.669. The lowest BCUT2D eigenvalue weighted by Gasteiger charge is -2.09. The highest BCUT2D eigenvalue weighted by Gasteiger charge is 2.22. The van der Waals surface area contributed by atoms with E-state index in [1.807, 2.05) is 0 Å². The Hall–Kier alpha value is -3.76. The molecule has 4 aromatic rings. The third-order valence-electron chi connectivity index (χ3n) is 4.66. The summed E-state index contributed by atoms with van der Waals surface area (Å²) in [6.45, 7) is -0.0769. The summed E-state index contributed by atoms with van der Waals surface area (Å²) in [5.74, 6) is -0.580. The molecule has 0 atom stereocenters. The number of thioether (sulfide) groups is 1. The van der Waals surface area contributed by atoms with Crippen LogP contribution in [0.4, 0.5) is 5.69 Å². The maximum absolute atomic E-state index is 13.1. The Morgan fingerprint density at radius 3 is 2.64 bits per heavy atom. The highest BCUT2D eigenvalue weighted by Crippen LogP contribution is 2.30. The zero-order valence-corrected chi connectivity index (χ0v) is 18.9. The van der Waals surface area contributed by atoms with Crippen LogP contribution >= 0.6 is 23.1 Å². The maximum Gasteiger partial charge on any atom is 0.339 e. The fraction of sp³-hybridized carbons (Fsp3) is 0.0870. The number of benzene rings is 2. The van der Waals surface area contributed by atoms with Gasteiger partial charge in [-0.2, -0.15) is 0 Å². The maximum atomic E-state index is 13.1. The first kappa shape index (κ1) is 22.4. The Kier molecular flexibility index (Phi) is 6.66. The summed E-state index contributed by atoms with van der Waals surface area (Å²) in [6, 6.07) is 14.0. The molecule has 0 amide bonds. The predicted molar refractivity (Wildman–Crippen MR) is 124 cm³/mol. The molecule has 0 bridgehead atoms. The van der Waals surface area contributed by atoms with Crippen molar-refractivity contribution in [3.05, 3.63) is 98.7 Å². The number of carbonyl (C=O) groups is 2. The fourth-order valence-electron chi connectivity index (χ4n) is 3.09. The molecular formula is C23H16N2O6S2. The van der Waals surface area contributed by atoms with Crippen molar-refractivity contribution in [2.75, 3.05) is 6.26 Å². The smallest absolute Gasteiger partial charge is 0.339 e. The van der Waals surface area contributed by atoms with Crippen LogP contribution < -0.4 is 0 Å². The van der Waals surface area contributed by atoms with Crippen LogP contribution in [0.15, 0.2) is 75.6 Å². The molecule has 8 nitrogen and oxygen atoms in total. The zero-order valence-electron chi connectivity index (χ0n) is 17.2. The number of carbonyl (C=O) groups excluding carboxylic acids is 2. The van der Waals surface area contributed by atoms with Crippen molar-refractivity contribution in [3.63, 3.8) is 0 Å². The van der Waals surface area contributed by atoms with E-state index in [1.165, 1.54) is 53.4 Å². The van der Waals surface area contributed by atoms with Gasteiger partial charge >= 0.3 is 5.97 Å². The largest absolute Gasteiger partial charge is 0.462 e. The number of nitrogens with zero attached hydrogens (tertiary/aromatic N) is 2. The summed E-state index contributed by atoms with van der Waals surface area (Å²) < 4.78 is 10.7. The zero-order chi connectivity index (χ0) is 23.4. The summed E-state index contributed by atoms with van der Waals surface area (Å²) >= 11 is 2.57. The van der Waals surface area contributed by atoms with Gasteiger partial charge in [0, 0.05) is 22.6 Å². The second kappa shape index (κ2) is 9.80. The van der Waals surface area contributed by atoms with Crippen LogP contribution in [0, 0.1) is 10.1 Å². The van der Waals surface area contributed by atoms with E-state index in [4.69, 9.17) is 9.15 Å². The molecule has 2 aromatic heterocycles. The van der Waals surface area contributed by atoms with E-state index >= 15 is 0 Å². The third kappa shape index (κ3) is 4.86. The topological polar surface area (TPSA) is 113 Å². The molecule has 0 N–H and O–H groups in total. The van der Waals surface area contributed by atoms with Gasteiger partial charge in [-0.1, -0.05) is 18.2 Å². The van der Waals surface area contributed by atoms with E-state index in [2.05, 4.69) is 4.98 Å². The van der Waals surface area contributed by atoms with Gasteiger partial charge in [-0.05, 0) is 36.6 Å². The van der Waals surface area contributed by atoms with Gasteiger partial charge in [0.25, 0.3) is 5.69 Å². The average molecular weight is 481 g/mol. The number of hydrogen-bond donors (Lipinski definition) is 0. The van der Waals surface area contributed by atoms with Gasteiger partial charge < -0.3 is 9.15 Å². The number of ether oxygens (including phenoxy) is 1. The molecule has 0 aliphatic rings. The molecule has 0 aliphatic carbocycles. The van der Waals surface area contributed by atoms with Gasteiger partial charge in [0.2, 0.25) is 0 Å². The molecule has 0 radical (unpaired) electrons. The van der Waals surface area contributed by atoms with Crippen LogP contribution in [0.2, 0.25) is 0 Å². The summed E-state index contributed by atoms with van der Waals surface area (Å²) in [5, 5.41) is 13.8. The Balaban J connectivity index is 1.53.